The highest BCUT2D eigenvalue weighted by atomic mass is 16.5. The second-order valence-electron chi connectivity index (χ2n) is 5.78. The van der Waals surface area contributed by atoms with E-state index in [1.807, 2.05) is 6.07 Å². The maximum atomic E-state index is 11.5. The van der Waals surface area contributed by atoms with Gasteiger partial charge in [0.1, 0.15) is 5.65 Å². The van der Waals surface area contributed by atoms with Crippen molar-refractivity contribution in [2.45, 2.75) is 26.3 Å². The number of rotatable bonds is 3. The number of fused-ring (bicyclic) bond motifs is 1. The SMILES string of the molecule is COC(=O)C1CCN(Cc2cn3cc(C)ccc3n2)CC1. The molecule has 0 spiro atoms. The minimum Gasteiger partial charge on any atom is -0.469 e. The lowest BCUT2D eigenvalue weighted by Gasteiger charge is -2.29. The molecule has 0 unspecified atom stereocenters. The summed E-state index contributed by atoms with van der Waals surface area (Å²) < 4.78 is 6.90. The molecule has 0 bridgehead atoms. The number of methoxy groups -OCH3 is 1. The van der Waals surface area contributed by atoms with Crippen LogP contribution in [0, 0.1) is 12.8 Å². The molecule has 112 valence electrons. The van der Waals surface area contributed by atoms with Crippen LogP contribution in [0.1, 0.15) is 24.1 Å². The predicted molar refractivity (Wildman–Crippen MR) is 79.9 cm³/mol. The standard InChI is InChI=1S/C16H21N3O2/c1-12-3-4-15-17-14(11-19(15)9-12)10-18-7-5-13(6-8-18)16(20)21-2/h3-4,9,11,13H,5-8,10H2,1-2H3. The molecule has 0 N–H and O–H groups in total. The topological polar surface area (TPSA) is 46.8 Å². The van der Waals surface area contributed by atoms with Crippen molar-refractivity contribution >= 4 is 11.6 Å². The van der Waals surface area contributed by atoms with E-state index < -0.39 is 0 Å². The van der Waals surface area contributed by atoms with Crippen LogP contribution in [0.15, 0.2) is 24.5 Å². The van der Waals surface area contributed by atoms with Gasteiger partial charge in [-0.15, -0.1) is 0 Å². The van der Waals surface area contributed by atoms with Crippen molar-refractivity contribution in [3.8, 4) is 0 Å². The fourth-order valence-corrected chi connectivity index (χ4v) is 2.95. The van der Waals surface area contributed by atoms with E-state index in [0.29, 0.717) is 0 Å². The Hall–Kier alpha value is -1.88. The molecule has 3 heterocycles. The summed E-state index contributed by atoms with van der Waals surface area (Å²) in [4.78, 5) is 18.5. The van der Waals surface area contributed by atoms with E-state index in [1.54, 1.807) is 0 Å². The molecule has 0 atom stereocenters. The third-order valence-corrected chi connectivity index (χ3v) is 4.16. The number of carbonyl (C=O) groups is 1. The average Bonchev–Trinajstić information content (AvgIpc) is 2.88. The van der Waals surface area contributed by atoms with Crippen molar-refractivity contribution in [3.05, 3.63) is 35.8 Å². The summed E-state index contributed by atoms with van der Waals surface area (Å²) in [6.45, 7) is 4.77. The monoisotopic (exact) mass is 287 g/mol. The molecular weight excluding hydrogens is 266 g/mol. The average molecular weight is 287 g/mol. The van der Waals surface area contributed by atoms with Crippen LogP contribution in [0.25, 0.3) is 5.65 Å². The Labute approximate surface area is 124 Å². The molecule has 0 amide bonds. The predicted octanol–water partition coefficient (Wildman–Crippen LogP) is 2.03. The molecule has 21 heavy (non-hydrogen) atoms. The van der Waals surface area contributed by atoms with E-state index in [-0.39, 0.29) is 11.9 Å². The molecule has 1 aliphatic heterocycles. The lowest BCUT2D eigenvalue weighted by Crippen LogP contribution is -2.36. The number of hydrogen-bond donors (Lipinski definition) is 0. The first-order valence-corrected chi connectivity index (χ1v) is 7.40. The van der Waals surface area contributed by atoms with Crippen molar-refractivity contribution in [2.24, 2.45) is 5.92 Å². The first-order valence-electron chi connectivity index (χ1n) is 7.40. The van der Waals surface area contributed by atoms with Gasteiger partial charge in [-0.05, 0) is 44.5 Å². The van der Waals surface area contributed by atoms with Gasteiger partial charge in [-0.1, -0.05) is 6.07 Å². The van der Waals surface area contributed by atoms with E-state index in [1.165, 1.54) is 12.7 Å². The molecular formula is C16H21N3O2. The molecule has 2 aromatic heterocycles. The number of piperidine rings is 1. The van der Waals surface area contributed by atoms with Crippen molar-refractivity contribution in [1.82, 2.24) is 14.3 Å². The van der Waals surface area contributed by atoms with Crippen LogP contribution < -0.4 is 0 Å². The van der Waals surface area contributed by atoms with Gasteiger partial charge < -0.3 is 9.14 Å². The second kappa shape index (κ2) is 5.85. The largest absolute Gasteiger partial charge is 0.469 e. The Bertz CT molecular complexity index is 642. The number of hydrogen-bond acceptors (Lipinski definition) is 4. The van der Waals surface area contributed by atoms with Crippen LogP contribution >= 0.6 is 0 Å². The number of esters is 1. The lowest BCUT2D eigenvalue weighted by molar-refractivity contribution is -0.147. The molecule has 0 radical (unpaired) electrons. The quantitative estimate of drug-likeness (QED) is 0.810. The molecule has 2 aromatic rings. The maximum Gasteiger partial charge on any atom is 0.308 e. The smallest absolute Gasteiger partial charge is 0.308 e. The van der Waals surface area contributed by atoms with Crippen molar-refractivity contribution in [2.75, 3.05) is 20.2 Å². The van der Waals surface area contributed by atoms with Crippen molar-refractivity contribution in [1.29, 1.82) is 0 Å². The minimum absolute atomic E-state index is 0.0648. The number of nitrogens with zero attached hydrogens (tertiary/aromatic N) is 3. The van der Waals surface area contributed by atoms with Crippen LogP contribution in [0.5, 0.6) is 0 Å². The van der Waals surface area contributed by atoms with Gasteiger partial charge >= 0.3 is 5.97 Å². The summed E-state index contributed by atoms with van der Waals surface area (Å²) in [5, 5.41) is 0. The summed E-state index contributed by atoms with van der Waals surface area (Å²) in [6.07, 6.45) is 5.93. The summed E-state index contributed by atoms with van der Waals surface area (Å²) in [5.41, 5.74) is 3.29. The van der Waals surface area contributed by atoms with Crippen LogP contribution in [-0.2, 0) is 16.1 Å². The molecule has 0 aromatic carbocycles. The molecule has 5 heteroatoms. The second-order valence-corrected chi connectivity index (χ2v) is 5.78. The number of likely N-dealkylation sites (tertiary alicyclic amines) is 1. The third-order valence-electron chi connectivity index (χ3n) is 4.16. The summed E-state index contributed by atoms with van der Waals surface area (Å²) in [5.74, 6) is -0.00664. The molecule has 3 rings (SSSR count). The van der Waals surface area contributed by atoms with E-state index in [9.17, 15) is 4.79 Å². The molecule has 5 nitrogen and oxygen atoms in total. The van der Waals surface area contributed by atoms with Crippen LogP contribution in [0.3, 0.4) is 0 Å². The normalized spacial score (nSPS) is 17.2. The zero-order chi connectivity index (χ0) is 14.8. The summed E-state index contributed by atoms with van der Waals surface area (Å²) in [7, 11) is 1.47. The third kappa shape index (κ3) is 3.08. The van der Waals surface area contributed by atoms with E-state index in [2.05, 4.69) is 39.7 Å². The Balaban J connectivity index is 1.63. The Kier molecular flexibility index (Phi) is 3.92. The van der Waals surface area contributed by atoms with E-state index >= 15 is 0 Å². The minimum atomic E-state index is -0.0714. The first kappa shape index (κ1) is 14.1. The van der Waals surface area contributed by atoms with Gasteiger partial charge in [-0.3, -0.25) is 9.69 Å². The van der Waals surface area contributed by atoms with Crippen molar-refractivity contribution in [3.63, 3.8) is 0 Å². The molecule has 0 aliphatic carbocycles. The summed E-state index contributed by atoms with van der Waals surface area (Å²) >= 11 is 0. The number of carbonyl (C=O) groups excluding carboxylic acids is 1. The summed E-state index contributed by atoms with van der Waals surface area (Å²) in [6, 6.07) is 4.12. The molecule has 0 saturated carbocycles. The first-order chi connectivity index (χ1) is 10.2. The highest BCUT2D eigenvalue weighted by Crippen LogP contribution is 2.20. The molecule has 1 aliphatic rings. The molecule has 1 fully saturated rings. The van der Waals surface area contributed by atoms with Crippen LogP contribution in [-0.4, -0.2) is 40.5 Å². The Morgan fingerprint density at radius 2 is 2.10 bits per heavy atom. The lowest BCUT2D eigenvalue weighted by atomic mass is 9.97. The van der Waals surface area contributed by atoms with Gasteiger partial charge in [0.15, 0.2) is 0 Å². The Morgan fingerprint density at radius 3 is 2.81 bits per heavy atom. The maximum absolute atomic E-state index is 11.5. The van der Waals surface area contributed by atoms with Gasteiger partial charge in [0.2, 0.25) is 0 Å². The van der Waals surface area contributed by atoms with Crippen LogP contribution in [0.4, 0.5) is 0 Å². The number of imidazole rings is 1. The highest BCUT2D eigenvalue weighted by Gasteiger charge is 2.25. The zero-order valence-corrected chi connectivity index (χ0v) is 12.6. The molecule has 1 saturated heterocycles. The number of pyridine rings is 1. The van der Waals surface area contributed by atoms with Gasteiger partial charge in [-0.25, -0.2) is 4.98 Å². The highest BCUT2D eigenvalue weighted by molar-refractivity contribution is 5.72. The van der Waals surface area contributed by atoms with Gasteiger partial charge in [0.05, 0.1) is 18.7 Å². The fourth-order valence-electron chi connectivity index (χ4n) is 2.95. The number of aromatic nitrogens is 2. The van der Waals surface area contributed by atoms with E-state index in [4.69, 9.17) is 4.74 Å². The van der Waals surface area contributed by atoms with Gasteiger partial charge in [0.25, 0.3) is 0 Å². The van der Waals surface area contributed by atoms with E-state index in [0.717, 1.165) is 43.8 Å². The van der Waals surface area contributed by atoms with Gasteiger partial charge in [0, 0.05) is 18.9 Å². The van der Waals surface area contributed by atoms with Crippen molar-refractivity contribution < 1.29 is 9.53 Å². The zero-order valence-electron chi connectivity index (χ0n) is 12.6. The van der Waals surface area contributed by atoms with Crippen LogP contribution in [0.2, 0.25) is 0 Å². The number of aryl methyl sites for hydroxylation is 1. The Morgan fingerprint density at radius 1 is 1.33 bits per heavy atom. The number of ether oxygens (including phenoxy) is 1. The van der Waals surface area contributed by atoms with Gasteiger partial charge in [-0.2, -0.15) is 0 Å². The fraction of sp³-hybridized carbons (Fsp3) is 0.500.